The lowest BCUT2D eigenvalue weighted by molar-refractivity contribution is -0.605. The van der Waals surface area contributed by atoms with Crippen molar-refractivity contribution in [2.45, 2.75) is 44.6 Å². The molecule has 0 aliphatic heterocycles. The zero-order valence-electron chi connectivity index (χ0n) is 14.1. The van der Waals surface area contributed by atoms with Gasteiger partial charge in [-0.2, -0.15) is 15.1 Å². The Hall–Kier alpha value is -2.95. The molecule has 25 heavy (non-hydrogen) atoms. The first kappa shape index (κ1) is 15.6. The van der Waals surface area contributed by atoms with E-state index >= 15 is 0 Å². The van der Waals surface area contributed by atoms with E-state index in [1.54, 1.807) is 18.5 Å². The molecule has 2 heterocycles. The van der Waals surface area contributed by atoms with E-state index in [-0.39, 0.29) is 5.91 Å². The fraction of sp³-hybridized carbons (Fsp3) is 0.471. The first-order valence-electron chi connectivity index (χ1n) is 8.30. The third-order valence-corrected chi connectivity index (χ3v) is 4.86. The normalized spacial score (nSPS) is 21.0. The van der Waals surface area contributed by atoms with E-state index in [0.717, 1.165) is 30.5 Å². The summed E-state index contributed by atoms with van der Waals surface area (Å²) in [6.07, 6.45) is 6.96. The second kappa shape index (κ2) is 5.28. The molecule has 2 aliphatic rings. The van der Waals surface area contributed by atoms with Crippen molar-refractivity contribution in [1.82, 2.24) is 20.1 Å². The van der Waals surface area contributed by atoms with Crippen molar-refractivity contribution in [1.29, 1.82) is 5.26 Å². The van der Waals surface area contributed by atoms with Crippen LogP contribution < -0.4 is 10.0 Å². The maximum atomic E-state index is 12.7. The summed E-state index contributed by atoms with van der Waals surface area (Å²) in [6, 6.07) is 2.06. The average Bonchev–Trinajstić information content (AvgIpc) is 3.26. The van der Waals surface area contributed by atoms with Gasteiger partial charge in [0.15, 0.2) is 11.9 Å². The molecular weight excluding hydrogens is 320 g/mol. The number of nitrogens with one attached hydrogen (secondary N) is 1. The predicted molar refractivity (Wildman–Crippen MR) is 86.6 cm³/mol. The summed E-state index contributed by atoms with van der Waals surface area (Å²) >= 11 is 0. The number of aromatic nitrogens is 4. The third-order valence-electron chi connectivity index (χ3n) is 4.86. The molecule has 0 aromatic carbocycles. The highest BCUT2D eigenvalue weighted by Gasteiger charge is 2.47. The van der Waals surface area contributed by atoms with Gasteiger partial charge in [0, 0.05) is 11.5 Å². The minimum atomic E-state index is -0.979. The SMILES string of the molecule is CC(C)(C#N)NC(=O)c1nn(-c2c[n+]([O-])ccn2)c2c1CC[C@@H]1C[C@H]21. The highest BCUT2D eigenvalue weighted by Crippen LogP contribution is 2.55. The molecule has 0 spiro atoms. The van der Waals surface area contributed by atoms with Crippen LogP contribution in [-0.4, -0.2) is 26.2 Å². The van der Waals surface area contributed by atoms with Gasteiger partial charge in [0.1, 0.15) is 5.54 Å². The van der Waals surface area contributed by atoms with E-state index in [4.69, 9.17) is 5.26 Å². The molecule has 128 valence electrons. The number of rotatable bonds is 3. The van der Waals surface area contributed by atoms with Crippen LogP contribution in [-0.2, 0) is 6.42 Å². The standard InChI is InChI=1S/C17H18N6O2/c1-17(2,9-18)20-16(24)14-11-4-3-10-7-12(10)15(11)23(21-14)13-8-22(25)6-5-19-13/h5-6,8,10,12H,3-4,7H2,1-2H3,(H,20,24)/t10-,12+/m1/s1. The highest BCUT2D eigenvalue weighted by molar-refractivity contribution is 5.95. The molecule has 1 fully saturated rings. The Morgan fingerprint density at radius 1 is 1.56 bits per heavy atom. The summed E-state index contributed by atoms with van der Waals surface area (Å²) in [5.74, 6) is 1.02. The van der Waals surface area contributed by atoms with Crippen LogP contribution in [0.4, 0.5) is 0 Å². The summed E-state index contributed by atoms with van der Waals surface area (Å²) in [4.78, 5) is 16.9. The van der Waals surface area contributed by atoms with E-state index in [1.165, 1.54) is 18.6 Å². The summed E-state index contributed by atoms with van der Waals surface area (Å²) in [7, 11) is 0. The minimum Gasteiger partial charge on any atom is -0.619 e. The van der Waals surface area contributed by atoms with Gasteiger partial charge in [-0.15, -0.1) is 0 Å². The van der Waals surface area contributed by atoms with Gasteiger partial charge in [-0.25, -0.2) is 9.67 Å². The third kappa shape index (κ3) is 2.61. The number of carbonyl (C=O) groups excluding carboxylic acids is 1. The van der Waals surface area contributed by atoms with Gasteiger partial charge < -0.3 is 10.5 Å². The molecule has 0 bridgehead atoms. The van der Waals surface area contributed by atoms with E-state index in [2.05, 4.69) is 21.5 Å². The molecule has 1 saturated carbocycles. The van der Waals surface area contributed by atoms with Crippen molar-refractivity contribution in [3.63, 3.8) is 0 Å². The Morgan fingerprint density at radius 2 is 2.36 bits per heavy atom. The predicted octanol–water partition coefficient (Wildman–Crippen LogP) is 0.982. The van der Waals surface area contributed by atoms with Gasteiger partial charge in [0.25, 0.3) is 5.91 Å². The van der Waals surface area contributed by atoms with Crippen molar-refractivity contribution in [3.05, 3.63) is 40.7 Å². The number of carbonyl (C=O) groups is 1. The zero-order chi connectivity index (χ0) is 17.8. The van der Waals surface area contributed by atoms with E-state index in [9.17, 15) is 10.0 Å². The van der Waals surface area contributed by atoms with Gasteiger partial charge in [-0.1, -0.05) is 0 Å². The molecule has 0 radical (unpaired) electrons. The molecule has 8 nitrogen and oxygen atoms in total. The van der Waals surface area contributed by atoms with Crippen LogP contribution in [0.15, 0.2) is 18.6 Å². The monoisotopic (exact) mass is 338 g/mol. The molecular formula is C17H18N6O2. The molecule has 2 aromatic heterocycles. The number of fused-ring (bicyclic) bond motifs is 3. The maximum absolute atomic E-state index is 12.7. The molecule has 1 N–H and O–H groups in total. The molecule has 0 unspecified atom stereocenters. The average molecular weight is 338 g/mol. The lowest BCUT2D eigenvalue weighted by Gasteiger charge is -2.17. The number of amides is 1. The van der Waals surface area contributed by atoms with Crippen LogP contribution in [0.5, 0.6) is 0 Å². The minimum absolute atomic E-state index is 0.326. The van der Waals surface area contributed by atoms with E-state index in [0.29, 0.717) is 28.1 Å². The van der Waals surface area contributed by atoms with Crippen molar-refractivity contribution in [2.24, 2.45) is 5.92 Å². The molecule has 1 amide bonds. The summed E-state index contributed by atoms with van der Waals surface area (Å²) in [5.41, 5.74) is 1.24. The molecule has 2 aromatic rings. The Morgan fingerprint density at radius 3 is 3.08 bits per heavy atom. The van der Waals surface area contributed by atoms with Crippen molar-refractivity contribution in [2.75, 3.05) is 0 Å². The molecule has 8 heteroatoms. The number of nitrogens with zero attached hydrogens (tertiary/aromatic N) is 5. The second-order valence-corrected chi connectivity index (χ2v) is 7.23. The Balaban J connectivity index is 1.80. The Bertz CT molecular complexity index is 910. The van der Waals surface area contributed by atoms with Gasteiger partial charge in [0.05, 0.1) is 18.0 Å². The zero-order valence-corrected chi connectivity index (χ0v) is 14.1. The van der Waals surface area contributed by atoms with Gasteiger partial charge >= 0.3 is 0 Å². The van der Waals surface area contributed by atoms with Crippen molar-refractivity contribution in [3.8, 4) is 11.9 Å². The lowest BCUT2D eigenvalue weighted by atomic mass is 9.95. The van der Waals surface area contributed by atoms with E-state index in [1.807, 2.05) is 0 Å². The molecule has 0 saturated heterocycles. The van der Waals surface area contributed by atoms with Crippen LogP contribution in [0.2, 0.25) is 0 Å². The molecule has 2 atom stereocenters. The summed E-state index contributed by atoms with van der Waals surface area (Å²) in [6.45, 7) is 3.29. The van der Waals surface area contributed by atoms with Crippen LogP contribution in [0.25, 0.3) is 5.82 Å². The number of nitriles is 1. The van der Waals surface area contributed by atoms with Gasteiger partial charge in [-0.05, 0) is 39.0 Å². The Labute approximate surface area is 144 Å². The fourth-order valence-corrected chi connectivity index (χ4v) is 3.52. The Kier molecular flexibility index (Phi) is 3.29. The fourth-order valence-electron chi connectivity index (χ4n) is 3.52. The first-order valence-corrected chi connectivity index (χ1v) is 8.30. The quantitative estimate of drug-likeness (QED) is 0.662. The summed E-state index contributed by atoms with van der Waals surface area (Å²) < 4.78 is 2.30. The van der Waals surface area contributed by atoms with Crippen LogP contribution in [0.3, 0.4) is 0 Å². The number of hydrogen-bond donors (Lipinski definition) is 1. The second-order valence-electron chi connectivity index (χ2n) is 7.23. The molecule has 4 rings (SSSR count). The number of hydrogen-bond acceptors (Lipinski definition) is 5. The summed E-state index contributed by atoms with van der Waals surface area (Å²) in [5, 5.41) is 28.0. The highest BCUT2D eigenvalue weighted by atomic mass is 16.5. The first-order chi connectivity index (χ1) is 11.9. The lowest BCUT2D eigenvalue weighted by Crippen LogP contribution is -2.42. The van der Waals surface area contributed by atoms with Crippen molar-refractivity contribution >= 4 is 5.91 Å². The van der Waals surface area contributed by atoms with E-state index < -0.39 is 5.54 Å². The smallest absolute Gasteiger partial charge is 0.273 e. The van der Waals surface area contributed by atoms with Gasteiger partial charge in [0.2, 0.25) is 12.0 Å². The maximum Gasteiger partial charge on any atom is 0.273 e. The topological polar surface area (TPSA) is 111 Å². The largest absolute Gasteiger partial charge is 0.619 e. The van der Waals surface area contributed by atoms with Crippen LogP contribution in [0, 0.1) is 22.5 Å². The molecule has 2 aliphatic carbocycles. The van der Waals surface area contributed by atoms with Crippen LogP contribution in [0.1, 0.15) is 54.4 Å². The van der Waals surface area contributed by atoms with Gasteiger partial charge in [-0.3, -0.25) is 4.79 Å². The van der Waals surface area contributed by atoms with Crippen molar-refractivity contribution < 1.29 is 9.52 Å². The van der Waals surface area contributed by atoms with Crippen LogP contribution >= 0.6 is 0 Å².